The van der Waals surface area contributed by atoms with Gasteiger partial charge in [0.25, 0.3) is 0 Å². The monoisotopic (exact) mass is 230 g/mol. The van der Waals surface area contributed by atoms with Crippen molar-refractivity contribution in [3.05, 3.63) is 42.5 Å². The zero-order valence-corrected chi connectivity index (χ0v) is 10.3. The van der Waals surface area contributed by atoms with Crippen LogP contribution < -0.4 is 5.32 Å². The van der Waals surface area contributed by atoms with E-state index in [1.165, 1.54) is 5.56 Å². The molecule has 4 heteroatoms. The minimum atomic E-state index is 0.610. The maximum atomic E-state index is 4.32. The number of imidazole rings is 1. The van der Waals surface area contributed by atoms with Gasteiger partial charge in [-0.15, -0.1) is 0 Å². The molecule has 2 aromatic heterocycles. The molecular weight excluding hydrogens is 212 g/mol. The molecule has 2 rings (SSSR count). The lowest BCUT2D eigenvalue weighted by Gasteiger charge is -2.11. The first kappa shape index (κ1) is 11.6. The van der Waals surface area contributed by atoms with Gasteiger partial charge in [0.15, 0.2) is 0 Å². The Kier molecular flexibility index (Phi) is 3.75. The molecule has 0 saturated carbocycles. The molecule has 0 fully saturated rings. The molecule has 0 aromatic carbocycles. The zero-order valence-electron chi connectivity index (χ0n) is 10.3. The van der Waals surface area contributed by atoms with Gasteiger partial charge in [-0.1, -0.05) is 19.9 Å². The summed E-state index contributed by atoms with van der Waals surface area (Å²) in [6.07, 6.45) is 7.47. The number of nitrogens with zero attached hydrogens (tertiary/aromatic N) is 3. The molecule has 0 atom stereocenters. The lowest BCUT2D eigenvalue weighted by atomic mass is 10.2. The number of nitrogens with one attached hydrogen (secondary N) is 1. The Morgan fingerprint density at radius 2 is 2.24 bits per heavy atom. The molecular formula is C13H18N4. The number of rotatable bonds is 5. The van der Waals surface area contributed by atoms with E-state index in [9.17, 15) is 0 Å². The fourth-order valence-corrected chi connectivity index (χ4v) is 1.59. The van der Waals surface area contributed by atoms with E-state index in [4.69, 9.17) is 0 Å². The van der Waals surface area contributed by atoms with E-state index < -0.39 is 0 Å². The second kappa shape index (κ2) is 5.48. The summed E-state index contributed by atoms with van der Waals surface area (Å²) < 4.78 is 2.10. The van der Waals surface area contributed by atoms with Crippen LogP contribution >= 0.6 is 0 Å². The Hall–Kier alpha value is -1.84. The van der Waals surface area contributed by atoms with Gasteiger partial charge >= 0.3 is 0 Å². The molecule has 0 radical (unpaired) electrons. The quantitative estimate of drug-likeness (QED) is 0.857. The largest absolute Gasteiger partial charge is 0.355 e. The van der Waals surface area contributed by atoms with Crippen LogP contribution in [0.15, 0.2) is 36.9 Å². The normalized spacial score (nSPS) is 10.8. The summed E-state index contributed by atoms with van der Waals surface area (Å²) >= 11 is 0. The SMILES string of the molecule is CC(C)CNc1nccn1Cc1cccnc1. The van der Waals surface area contributed by atoms with E-state index in [0.29, 0.717) is 5.92 Å². The van der Waals surface area contributed by atoms with E-state index in [1.54, 1.807) is 6.20 Å². The standard InChI is InChI=1S/C13H18N4/c1-11(2)8-16-13-15-6-7-17(13)10-12-4-3-5-14-9-12/h3-7,9,11H,8,10H2,1-2H3,(H,15,16). The first-order chi connectivity index (χ1) is 8.25. The molecule has 0 aliphatic rings. The molecule has 2 heterocycles. The zero-order chi connectivity index (χ0) is 12.1. The fraction of sp³-hybridized carbons (Fsp3) is 0.385. The highest BCUT2D eigenvalue weighted by Gasteiger charge is 2.03. The third-order valence-corrected chi connectivity index (χ3v) is 2.46. The summed E-state index contributed by atoms with van der Waals surface area (Å²) in [6.45, 7) is 6.10. The van der Waals surface area contributed by atoms with Crippen molar-refractivity contribution in [2.45, 2.75) is 20.4 Å². The molecule has 4 nitrogen and oxygen atoms in total. The first-order valence-electron chi connectivity index (χ1n) is 5.89. The summed E-state index contributed by atoms with van der Waals surface area (Å²) in [6, 6.07) is 4.02. The maximum absolute atomic E-state index is 4.32. The van der Waals surface area contributed by atoms with Crippen molar-refractivity contribution in [3.8, 4) is 0 Å². The Balaban J connectivity index is 2.04. The van der Waals surface area contributed by atoms with Gasteiger partial charge in [0, 0.05) is 31.3 Å². The number of hydrogen-bond donors (Lipinski definition) is 1. The Morgan fingerprint density at radius 3 is 2.94 bits per heavy atom. The van der Waals surface area contributed by atoms with Gasteiger partial charge < -0.3 is 9.88 Å². The second-order valence-corrected chi connectivity index (χ2v) is 4.51. The first-order valence-corrected chi connectivity index (χ1v) is 5.89. The van der Waals surface area contributed by atoms with Crippen LogP contribution in [0.5, 0.6) is 0 Å². The minimum Gasteiger partial charge on any atom is -0.355 e. The average Bonchev–Trinajstić information content (AvgIpc) is 2.75. The molecule has 1 N–H and O–H groups in total. The lowest BCUT2D eigenvalue weighted by molar-refractivity contribution is 0.676. The molecule has 0 unspecified atom stereocenters. The predicted octanol–water partition coefficient (Wildman–Crippen LogP) is 2.39. The van der Waals surface area contributed by atoms with Gasteiger partial charge in [-0.25, -0.2) is 4.98 Å². The van der Waals surface area contributed by atoms with E-state index in [0.717, 1.165) is 19.0 Å². The average molecular weight is 230 g/mol. The maximum Gasteiger partial charge on any atom is 0.203 e. The van der Waals surface area contributed by atoms with E-state index in [-0.39, 0.29) is 0 Å². The van der Waals surface area contributed by atoms with Crippen LogP contribution in [-0.2, 0) is 6.54 Å². The van der Waals surface area contributed by atoms with Crippen LogP contribution in [-0.4, -0.2) is 21.1 Å². The van der Waals surface area contributed by atoms with Gasteiger partial charge in [-0.05, 0) is 17.5 Å². The van der Waals surface area contributed by atoms with Gasteiger partial charge in [-0.2, -0.15) is 0 Å². The topological polar surface area (TPSA) is 42.7 Å². The van der Waals surface area contributed by atoms with Gasteiger partial charge in [-0.3, -0.25) is 4.98 Å². The molecule has 17 heavy (non-hydrogen) atoms. The van der Waals surface area contributed by atoms with Gasteiger partial charge in [0.05, 0.1) is 6.54 Å². The van der Waals surface area contributed by atoms with Crippen molar-refractivity contribution in [1.29, 1.82) is 0 Å². The van der Waals surface area contributed by atoms with Crippen LogP contribution in [0.2, 0.25) is 0 Å². The molecule has 0 bridgehead atoms. The Bertz CT molecular complexity index is 447. The lowest BCUT2D eigenvalue weighted by Crippen LogP contribution is -2.13. The molecule has 0 aliphatic carbocycles. The van der Waals surface area contributed by atoms with Crippen LogP contribution in [0.1, 0.15) is 19.4 Å². The van der Waals surface area contributed by atoms with Crippen LogP contribution in [0.25, 0.3) is 0 Å². The molecule has 0 spiro atoms. The third kappa shape index (κ3) is 3.31. The van der Waals surface area contributed by atoms with Crippen molar-refractivity contribution >= 4 is 5.95 Å². The number of anilines is 1. The second-order valence-electron chi connectivity index (χ2n) is 4.51. The third-order valence-electron chi connectivity index (χ3n) is 2.46. The van der Waals surface area contributed by atoms with Crippen molar-refractivity contribution in [2.75, 3.05) is 11.9 Å². The summed E-state index contributed by atoms with van der Waals surface area (Å²) in [5.74, 6) is 1.53. The molecule has 90 valence electrons. The van der Waals surface area contributed by atoms with E-state index in [2.05, 4.69) is 39.8 Å². The van der Waals surface area contributed by atoms with Crippen molar-refractivity contribution < 1.29 is 0 Å². The molecule has 0 amide bonds. The van der Waals surface area contributed by atoms with Crippen molar-refractivity contribution in [1.82, 2.24) is 14.5 Å². The molecule has 0 saturated heterocycles. The highest BCUT2D eigenvalue weighted by atomic mass is 15.2. The highest BCUT2D eigenvalue weighted by Crippen LogP contribution is 2.09. The van der Waals surface area contributed by atoms with E-state index in [1.807, 2.05) is 24.7 Å². The Morgan fingerprint density at radius 1 is 1.35 bits per heavy atom. The van der Waals surface area contributed by atoms with Crippen LogP contribution in [0.3, 0.4) is 0 Å². The van der Waals surface area contributed by atoms with Crippen LogP contribution in [0, 0.1) is 5.92 Å². The summed E-state index contributed by atoms with van der Waals surface area (Å²) in [4.78, 5) is 8.43. The smallest absolute Gasteiger partial charge is 0.203 e. The summed E-state index contributed by atoms with van der Waals surface area (Å²) in [7, 11) is 0. The fourth-order valence-electron chi connectivity index (χ4n) is 1.59. The molecule has 2 aromatic rings. The number of pyridine rings is 1. The van der Waals surface area contributed by atoms with Crippen molar-refractivity contribution in [2.24, 2.45) is 5.92 Å². The predicted molar refractivity (Wildman–Crippen MR) is 68.9 cm³/mol. The summed E-state index contributed by atoms with van der Waals surface area (Å²) in [5, 5.41) is 3.34. The van der Waals surface area contributed by atoms with Gasteiger partial charge in [0.2, 0.25) is 5.95 Å². The number of hydrogen-bond acceptors (Lipinski definition) is 3. The highest BCUT2D eigenvalue weighted by molar-refractivity contribution is 5.27. The molecule has 0 aliphatic heterocycles. The Labute approximate surface area is 102 Å². The van der Waals surface area contributed by atoms with E-state index >= 15 is 0 Å². The summed E-state index contributed by atoms with van der Waals surface area (Å²) in [5.41, 5.74) is 1.18. The minimum absolute atomic E-state index is 0.610. The van der Waals surface area contributed by atoms with Gasteiger partial charge in [0.1, 0.15) is 0 Å². The number of aromatic nitrogens is 3. The van der Waals surface area contributed by atoms with Crippen LogP contribution in [0.4, 0.5) is 5.95 Å². The van der Waals surface area contributed by atoms with Crippen molar-refractivity contribution in [3.63, 3.8) is 0 Å².